The molecule has 0 bridgehead atoms. The van der Waals surface area contributed by atoms with E-state index in [4.69, 9.17) is 23.2 Å². The molecular weight excluding hydrogens is 199 g/mol. The first-order valence-corrected chi connectivity index (χ1v) is 5.70. The smallest absolute Gasteiger partial charge is 0.0424 e. The first-order valence-electron chi connectivity index (χ1n) is 3.88. The molecule has 0 spiro atoms. The van der Waals surface area contributed by atoms with Crippen molar-refractivity contribution in [1.82, 2.24) is 0 Å². The van der Waals surface area contributed by atoms with Gasteiger partial charge in [-0.2, -0.15) is 11.8 Å². The molecule has 0 nitrogen and oxygen atoms in total. The Balaban J connectivity index is 3.66. The third-order valence-corrected chi connectivity index (χ3v) is 4.45. The molecule has 0 rings (SSSR count). The number of hydrogen-bond acceptors (Lipinski definition) is 1. The van der Waals surface area contributed by atoms with Crippen LogP contribution in [0.25, 0.3) is 0 Å². The lowest BCUT2D eigenvalue weighted by molar-refractivity contribution is 0.870. The third-order valence-electron chi connectivity index (χ3n) is 1.72. The number of alkyl halides is 2. The Hall–Kier alpha value is 0.930. The summed E-state index contributed by atoms with van der Waals surface area (Å²) in [6.07, 6.45) is 0. The van der Waals surface area contributed by atoms with Crippen LogP contribution in [0.1, 0.15) is 27.7 Å². The van der Waals surface area contributed by atoms with Crippen molar-refractivity contribution < 1.29 is 0 Å². The maximum Gasteiger partial charge on any atom is 0.0424 e. The average Bonchev–Trinajstić information content (AvgIpc) is 1.87. The summed E-state index contributed by atoms with van der Waals surface area (Å²) in [5.74, 6) is 0. The molecule has 0 fully saturated rings. The lowest BCUT2D eigenvalue weighted by Crippen LogP contribution is -2.18. The van der Waals surface area contributed by atoms with E-state index in [-0.39, 0.29) is 10.8 Å². The lowest BCUT2D eigenvalue weighted by Gasteiger charge is -2.20. The Morgan fingerprint density at radius 3 is 1.27 bits per heavy atom. The second-order valence-corrected chi connectivity index (χ2v) is 6.04. The summed E-state index contributed by atoms with van der Waals surface area (Å²) in [6, 6.07) is 0. The summed E-state index contributed by atoms with van der Waals surface area (Å²) >= 11 is 13.7. The van der Waals surface area contributed by atoms with E-state index >= 15 is 0 Å². The summed E-state index contributed by atoms with van der Waals surface area (Å²) < 4.78 is 0. The van der Waals surface area contributed by atoms with Crippen LogP contribution in [-0.2, 0) is 0 Å². The van der Waals surface area contributed by atoms with E-state index in [1.807, 2.05) is 25.6 Å². The molecule has 0 aromatic heterocycles. The first-order chi connectivity index (χ1) is 4.95. The van der Waals surface area contributed by atoms with Crippen LogP contribution in [0.4, 0.5) is 0 Å². The van der Waals surface area contributed by atoms with Gasteiger partial charge in [0.15, 0.2) is 0 Å². The normalized spacial score (nSPS) is 22.4. The fourth-order valence-corrected chi connectivity index (χ4v) is 2.02. The summed E-state index contributed by atoms with van der Waals surface area (Å²) in [4.78, 5) is 0. The largest absolute Gasteiger partial charge is 0.153 e. The molecule has 0 aliphatic carbocycles. The van der Waals surface area contributed by atoms with Crippen LogP contribution in [0.2, 0.25) is 0 Å². The van der Waals surface area contributed by atoms with Crippen LogP contribution < -0.4 is 0 Å². The molecule has 0 saturated carbocycles. The first kappa shape index (κ1) is 11.9. The number of thioether (sulfide) groups is 1. The fraction of sp³-hybridized carbons (Fsp3) is 1.00. The monoisotopic (exact) mass is 214 g/mol. The molecule has 0 amide bonds. The third kappa shape index (κ3) is 5.21. The number of rotatable bonds is 4. The number of halogens is 2. The predicted molar refractivity (Wildman–Crippen MR) is 57.1 cm³/mol. The Bertz CT molecular complexity index is 92.3. The van der Waals surface area contributed by atoms with Crippen molar-refractivity contribution in [1.29, 1.82) is 0 Å². The van der Waals surface area contributed by atoms with Crippen molar-refractivity contribution in [3.63, 3.8) is 0 Å². The van der Waals surface area contributed by atoms with Gasteiger partial charge in [0.1, 0.15) is 0 Å². The van der Waals surface area contributed by atoms with E-state index in [0.717, 1.165) is 0 Å². The zero-order chi connectivity index (χ0) is 9.02. The van der Waals surface area contributed by atoms with E-state index in [1.54, 1.807) is 0 Å². The van der Waals surface area contributed by atoms with E-state index in [0.29, 0.717) is 10.5 Å². The average molecular weight is 215 g/mol. The van der Waals surface area contributed by atoms with Crippen molar-refractivity contribution in [3.05, 3.63) is 0 Å². The standard InChI is InChI=1S/C8H16Cl2S/c1-5(9)7(3)11-8(4)6(2)10/h5-8H,1-4H3. The molecule has 4 atom stereocenters. The van der Waals surface area contributed by atoms with Gasteiger partial charge in [0.2, 0.25) is 0 Å². The summed E-state index contributed by atoms with van der Waals surface area (Å²) in [5, 5.41) is 1.40. The summed E-state index contributed by atoms with van der Waals surface area (Å²) in [6.45, 7) is 8.31. The topological polar surface area (TPSA) is 0 Å². The molecule has 0 aromatic rings. The van der Waals surface area contributed by atoms with Crippen molar-refractivity contribution in [3.8, 4) is 0 Å². The zero-order valence-corrected chi connectivity index (χ0v) is 9.80. The highest BCUT2D eigenvalue weighted by atomic mass is 35.5. The molecule has 0 aromatic carbocycles. The van der Waals surface area contributed by atoms with Crippen LogP contribution in [0, 0.1) is 0 Å². The van der Waals surface area contributed by atoms with Gasteiger partial charge in [-0.3, -0.25) is 0 Å². The Morgan fingerprint density at radius 1 is 0.818 bits per heavy atom. The summed E-state index contributed by atoms with van der Waals surface area (Å²) in [5.41, 5.74) is 0. The van der Waals surface area contributed by atoms with Gasteiger partial charge in [-0.25, -0.2) is 0 Å². The quantitative estimate of drug-likeness (QED) is 0.643. The maximum atomic E-state index is 5.91. The molecule has 0 N–H and O–H groups in total. The minimum atomic E-state index is 0.220. The van der Waals surface area contributed by atoms with Crippen molar-refractivity contribution in [2.24, 2.45) is 0 Å². The van der Waals surface area contributed by atoms with Gasteiger partial charge in [-0.15, -0.1) is 23.2 Å². The van der Waals surface area contributed by atoms with Crippen molar-refractivity contribution >= 4 is 35.0 Å². The van der Waals surface area contributed by atoms with Gasteiger partial charge in [0, 0.05) is 21.3 Å². The highest BCUT2D eigenvalue weighted by Gasteiger charge is 2.16. The van der Waals surface area contributed by atoms with E-state index in [9.17, 15) is 0 Å². The molecule has 0 radical (unpaired) electrons. The molecule has 0 heterocycles. The van der Waals surface area contributed by atoms with Crippen LogP contribution >= 0.6 is 35.0 Å². The predicted octanol–water partition coefficient (Wildman–Crippen LogP) is 3.75. The summed E-state index contributed by atoms with van der Waals surface area (Å²) in [7, 11) is 0. The van der Waals surface area contributed by atoms with Gasteiger partial charge in [0.25, 0.3) is 0 Å². The van der Waals surface area contributed by atoms with Crippen LogP contribution in [0.3, 0.4) is 0 Å². The van der Waals surface area contributed by atoms with Gasteiger partial charge >= 0.3 is 0 Å². The van der Waals surface area contributed by atoms with E-state index < -0.39 is 0 Å². The molecule has 11 heavy (non-hydrogen) atoms. The fourth-order valence-electron chi connectivity index (χ4n) is 0.555. The molecule has 3 heteroatoms. The van der Waals surface area contributed by atoms with Gasteiger partial charge < -0.3 is 0 Å². The zero-order valence-electron chi connectivity index (χ0n) is 7.47. The van der Waals surface area contributed by atoms with Gasteiger partial charge in [-0.1, -0.05) is 13.8 Å². The van der Waals surface area contributed by atoms with Crippen LogP contribution in [-0.4, -0.2) is 21.3 Å². The van der Waals surface area contributed by atoms with E-state index in [1.165, 1.54) is 0 Å². The molecular formula is C8H16Cl2S. The van der Waals surface area contributed by atoms with Gasteiger partial charge in [0.05, 0.1) is 0 Å². The highest BCUT2D eigenvalue weighted by Crippen LogP contribution is 2.26. The minimum Gasteiger partial charge on any atom is -0.153 e. The van der Waals surface area contributed by atoms with Gasteiger partial charge in [-0.05, 0) is 13.8 Å². The SMILES string of the molecule is CC(Cl)C(C)SC(C)C(C)Cl. The maximum absolute atomic E-state index is 5.91. The Morgan fingerprint density at radius 2 is 1.09 bits per heavy atom. The highest BCUT2D eigenvalue weighted by molar-refractivity contribution is 8.00. The molecule has 0 aliphatic heterocycles. The minimum absolute atomic E-state index is 0.220. The van der Waals surface area contributed by atoms with Crippen molar-refractivity contribution in [2.75, 3.05) is 0 Å². The lowest BCUT2D eigenvalue weighted by atomic mass is 10.3. The molecule has 0 aliphatic rings. The van der Waals surface area contributed by atoms with Crippen molar-refractivity contribution in [2.45, 2.75) is 48.9 Å². The molecule has 68 valence electrons. The second-order valence-electron chi connectivity index (χ2n) is 2.90. The van der Waals surface area contributed by atoms with Crippen LogP contribution in [0.15, 0.2) is 0 Å². The van der Waals surface area contributed by atoms with E-state index in [2.05, 4.69) is 13.8 Å². The Kier molecular flexibility index (Phi) is 6.02. The Labute approximate surface area is 84.0 Å². The molecule has 4 unspecified atom stereocenters. The van der Waals surface area contributed by atoms with Crippen LogP contribution in [0.5, 0.6) is 0 Å². The second kappa shape index (κ2) is 5.55. The molecule has 0 saturated heterocycles. The number of hydrogen-bond donors (Lipinski definition) is 0.